The van der Waals surface area contributed by atoms with E-state index in [1.54, 1.807) is 4.90 Å². The van der Waals surface area contributed by atoms with Crippen LogP contribution < -0.4 is 0 Å². The second-order valence-electron chi connectivity index (χ2n) is 3.27. The molecule has 0 radical (unpaired) electrons. The average molecular weight is 211 g/mol. The van der Waals surface area contributed by atoms with Crippen LogP contribution in [0, 0.1) is 11.8 Å². The Bertz CT molecular complexity index is 315. The molecule has 0 spiro atoms. The highest BCUT2D eigenvalue weighted by Gasteiger charge is 2.20. The van der Waals surface area contributed by atoms with Crippen molar-refractivity contribution in [3.8, 4) is 11.8 Å². The number of ether oxygens (including phenoxy) is 1. The molecule has 0 bridgehead atoms. The topological polar surface area (TPSA) is 66.8 Å². The summed E-state index contributed by atoms with van der Waals surface area (Å²) in [7, 11) is 0. The molecule has 1 aliphatic rings. The van der Waals surface area contributed by atoms with Crippen LogP contribution in [0.5, 0.6) is 0 Å². The standard InChI is InChI=1S/C10H13NO4/c1-8(12)11-5-6-15-9(7-11)3-2-4-10(13)14/h9H,3,5-7H2,1H3,(H,13,14). The van der Waals surface area contributed by atoms with Crippen molar-refractivity contribution in [2.75, 3.05) is 19.7 Å². The Morgan fingerprint density at radius 1 is 1.60 bits per heavy atom. The SMILES string of the molecule is CC(=O)N1CCOC(CC#CC(=O)O)C1. The summed E-state index contributed by atoms with van der Waals surface area (Å²) >= 11 is 0. The van der Waals surface area contributed by atoms with Gasteiger partial charge in [-0.05, 0) is 0 Å². The van der Waals surface area contributed by atoms with E-state index >= 15 is 0 Å². The maximum atomic E-state index is 11.1. The molecule has 1 unspecified atom stereocenters. The van der Waals surface area contributed by atoms with Crippen molar-refractivity contribution in [3.63, 3.8) is 0 Å². The highest BCUT2D eigenvalue weighted by Crippen LogP contribution is 2.07. The molecule has 0 aromatic carbocycles. The van der Waals surface area contributed by atoms with E-state index in [9.17, 15) is 9.59 Å². The fourth-order valence-electron chi connectivity index (χ4n) is 1.37. The lowest BCUT2D eigenvalue weighted by molar-refractivity contribution is -0.136. The van der Waals surface area contributed by atoms with Crippen molar-refractivity contribution in [2.45, 2.75) is 19.4 Å². The molecule has 1 atom stereocenters. The summed E-state index contributed by atoms with van der Waals surface area (Å²) in [6, 6.07) is 0. The highest BCUT2D eigenvalue weighted by atomic mass is 16.5. The smallest absolute Gasteiger partial charge is 0.381 e. The lowest BCUT2D eigenvalue weighted by Crippen LogP contribution is -2.44. The molecule has 1 heterocycles. The van der Waals surface area contributed by atoms with Crippen LogP contribution in [0.1, 0.15) is 13.3 Å². The summed E-state index contributed by atoms with van der Waals surface area (Å²) in [5, 5.41) is 8.30. The van der Waals surface area contributed by atoms with Crippen LogP contribution in [0.3, 0.4) is 0 Å². The minimum atomic E-state index is -1.14. The van der Waals surface area contributed by atoms with Gasteiger partial charge in [0.25, 0.3) is 0 Å². The molecule has 1 aliphatic heterocycles. The number of rotatable bonds is 1. The Balaban J connectivity index is 2.41. The quantitative estimate of drug-likeness (QED) is 0.605. The molecule has 15 heavy (non-hydrogen) atoms. The number of carboxylic acids is 1. The molecule has 0 aromatic rings. The van der Waals surface area contributed by atoms with Crippen LogP contribution in [0.2, 0.25) is 0 Å². The largest absolute Gasteiger partial charge is 0.472 e. The molecule has 0 saturated carbocycles. The summed E-state index contributed by atoms with van der Waals surface area (Å²) in [5.74, 6) is 3.39. The first kappa shape index (κ1) is 11.5. The molecule has 5 nitrogen and oxygen atoms in total. The number of hydrogen-bond acceptors (Lipinski definition) is 3. The average Bonchev–Trinajstić information content (AvgIpc) is 2.17. The van der Waals surface area contributed by atoms with Crippen molar-refractivity contribution in [2.24, 2.45) is 0 Å². The Morgan fingerprint density at radius 3 is 2.93 bits per heavy atom. The van der Waals surface area contributed by atoms with Gasteiger partial charge in [-0.1, -0.05) is 5.92 Å². The van der Waals surface area contributed by atoms with E-state index in [4.69, 9.17) is 9.84 Å². The number of aliphatic carboxylic acids is 1. The molecule has 82 valence electrons. The number of nitrogens with zero attached hydrogens (tertiary/aromatic N) is 1. The Kier molecular flexibility index (Phi) is 4.13. The predicted octanol–water partition coefficient (Wildman–Crippen LogP) is -0.288. The van der Waals surface area contributed by atoms with Gasteiger partial charge in [0.15, 0.2) is 0 Å². The summed E-state index contributed by atoms with van der Waals surface area (Å²) in [4.78, 5) is 22.9. The summed E-state index contributed by atoms with van der Waals surface area (Å²) in [6.45, 7) is 3.08. The van der Waals surface area contributed by atoms with Gasteiger partial charge in [0.2, 0.25) is 5.91 Å². The number of carbonyl (C=O) groups is 2. The Labute approximate surface area is 88.0 Å². The van der Waals surface area contributed by atoms with Gasteiger partial charge in [-0.3, -0.25) is 4.79 Å². The van der Waals surface area contributed by atoms with Crippen molar-refractivity contribution in [3.05, 3.63) is 0 Å². The van der Waals surface area contributed by atoms with Gasteiger partial charge in [0, 0.05) is 32.4 Å². The summed E-state index contributed by atoms with van der Waals surface area (Å²) < 4.78 is 5.35. The normalized spacial score (nSPS) is 20.3. The van der Waals surface area contributed by atoms with E-state index in [2.05, 4.69) is 5.92 Å². The van der Waals surface area contributed by atoms with Crippen LogP contribution in [0.25, 0.3) is 0 Å². The fourth-order valence-corrected chi connectivity index (χ4v) is 1.37. The maximum Gasteiger partial charge on any atom is 0.381 e. The first-order valence-corrected chi connectivity index (χ1v) is 4.68. The van der Waals surface area contributed by atoms with Crippen molar-refractivity contribution in [1.82, 2.24) is 4.90 Å². The third-order valence-electron chi connectivity index (χ3n) is 2.11. The van der Waals surface area contributed by atoms with Crippen LogP contribution in [0.4, 0.5) is 0 Å². The van der Waals surface area contributed by atoms with Crippen LogP contribution in [0.15, 0.2) is 0 Å². The second-order valence-corrected chi connectivity index (χ2v) is 3.27. The molecular formula is C10H13NO4. The molecule has 0 aromatic heterocycles. The molecule has 1 fully saturated rings. The highest BCUT2D eigenvalue weighted by molar-refractivity contribution is 5.86. The molecule has 0 aliphatic carbocycles. The van der Waals surface area contributed by atoms with Crippen LogP contribution >= 0.6 is 0 Å². The van der Waals surface area contributed by atoms with Crippen molar-refractivity contribution >= 4 is 11.9 Å². The zero-order valence-corrected chi connectivity index (χ0v) is 8.52. The van der Waals surface area contributed by atoms with Gasteiger partial charge in [-0.2, -0.15) is 0 Å². The number of hydrogen-bond donors (Lipinski definition) is 1. The van der Waals surface area contributed by atoms with Crippen LogP contribution in [-0.2, 0) is 14.3 Å². The van der Waals surface area contributed by atoms with E-state index in [0.717, 1.165) is 0 Å². The minimum absolute atomic E-state index is 0.00879. The van der Waals surface area contributed by atoms with Gasteiger partial charge in [-0.25, -0.2) is 4.79 Å². The van der Waals surface area contributed by atoms with Gasteiger partial charge in [-0.15, -0.1) is 0 Å². The first-order chi connectivity index (χ1) is 7.09. The van der Waals surface area contributed by atoms with E-state index < -0.39 is 5.97 Å². The maximum absolute atomic E-state index is 11.1. The zero-order valence-electron chi connectivity index (χ0n) is 8.52. The number of carbonyl (C=O) groups excluding carboxylic acids is 1. The molecule has 1 saturated heterocycles. The van der Waals surface area contributed by atoms with Gasteiger partial charge >= 0.3 is 5.97 Å². The predicted molar refractivity (Wildman–Crippen MR) is 52.0 cm³/mol. The lowest BCUT2D eigenvalue weighted by Gasteiger charge is -2.31. The van der Waals surface area contributed by atoms with E-state index in [-0.39, 0.29) is 12.0 Å². The van der Waals surface area contributed by atoms with E-state index in [1.807, 2.05) is 5.92 Å². The zero-order chi connectivity index (χ0) is 11.3. The molecule has 1 amide bonds. The Hall–Kier alpha value is -1.54. The van der Waals surface area contributed by atoms with Crippen molar-refractivity contribution < 1.29 is 19.4 Å². The summed E-state index contributed by atoms with van der Waals surface area (Å²) in [6.07, 6.45) is 0.172. The fraction of sp³-hybridized carbons (Fsp3) is 0.600. The first-order valence-electron chi connectivity index (χ1n) is 4.68. The van der Waals surface area contributed by atoms with Gasteiger partial charge in [0.1, 0.15) is 0 Å². The van der Waals surface area contributed by atoms with Crippen LogP contribution in [-0.4, -0.2) is 47.7 Å². The second kappa shape index (κ2) is 5.37. The third-order valence-corrected chi connectivity index (χ3v) is 2.11. The van der Waals surface area contributed by atoms with E-state index in [0.29, 0.717) is 26.1 Å². The van der Waals surface area contributed by atoms with Gasteiger partial charge in [0.05, 0.1) is 12.7 Å². The van der Waals surface area contributed by atoms with E-state index in [1.165, 1.54) is 6.92 Å². The molecule has 1 N–H and O–H groups in total. The minimum Gasteiger partial charge on any atom is -0.472 e. The van der Waals surface area contributed by atoms with Crippen molar-refractivity contribution in [1.29, 1.82) is 0 Å². The Morgan fingerprint density at radius 2 is 2.33 bits per heavy atom. The molecule has 1 rings (SSSR count). The summed E-state index contributed by atoms with van der Waals surface area (Å²) in [5.41, 5.74) is 0. The lowest BCUT2D eigenvalue weighted by atomic mass is 10.2. The molecule has 5 heteroatoms. The number of amides is 1. The monoisotopic (exact) mass is 211 g/mol. The molecular weight excluding hydrogens is 198 g/mol. The van der Waals surface area contributed by atoms with Gasteiger partial charge < -0.3 is 14.7 Å². The third kappa shape index (κ3) is 4.00. The number of carboxylic acid groups (broad SMARTS) is 1. The number of morpholine rings is 1.